The highest BCUT2D eigenvalue weighted by Crippen LogP contribution is 2.35. The van der Waals surface area contributed by atoms with Gasteiger partial charge >= 0.3 is 0 Å². The van der Waals surface area contributed by atoms with E-state index in [9.17, 15) is 8.78 Å². The quantitative estimate of drug-likeness (QED) is 0.707. The molecule has 1 saturated carbocycles. The molecule has 0 unspecified atom stereocenters. The van der Waals surface area contributed by atoms with E-state index < -0.39 is 5.76 Å². The number of hydrogen-bond donors (Lipinski definition) is 1. The molecule has 1 fully saturated rings. The van der Waals surface area contributed by atoms with E-state index in [-0.39, 0.29) is 0 Å². The summed E-state index contributed by atoms with van der Waals surface area (Å²) in [5.74, 6) is -0.800. The number of anilines is 1. The highest BCUT2D eigenvalue weighted by Gasteiger charge is 2.23. The van der Waals surface area contributed by atoms with Gasteiger partial charge in [0.05, 0.1) is 0 Å². The monoisotopic (exact) mass is 299 g/mol. The van der Waals surface area contributed by atoms with Crippen LogP contribution in [0.4, 0.5) is 14.5 Å². The first-order chi connectivity index (χ1) is 9.56. The number of alkyl halides is 2. The molecule has 112 valence electrons. The molecule has 4 heteroatoms. The number of hydrogen-bond acceptors (Lipinski definition) is 2. The third-order valence-electron chi connectivity index (χ3n) is 4.18. The SMILES string of the molecule is CC(C)C1CCC(Nc2ccccc2SC(F)F)CC1. The predicted octanol–water partition coefficient (Wildman–Crippen LogP) is 5.63. The highest BCUT2D eigenvalue weighted by molar-refractivity contribution is 7.99. The molecule has 0 amide bonds. The van der Waals surface area contributed by atoms with E-state index in [1.165, 1.54) is 12.8 Å². The smallest absolute Gasteiger partial charge is 0.288 e. The van der Waals surface area contributed by atoms with Crippen molar-refractivity contribution in [3.8, 4) is 0 Å². The molecule has 0 aliphatic heterocycles. The molecule has 0 bridgehead atoms. The summed E-state index contributed by atoms with van der Waals surface area (Å²) in [6.07, 6.45) is 4.74. The Balaban J connectivity index is 1.94. The minimum absolute atomic E-state index is 0.421. The van der Waals surface area contributed by atoms with E-state index in [0.717, 1.165) is 30.4 Å². The van der Waals surface area contributed by atoms with Gasteiger partial charge in [0.2, 0.25) is 0 Å². The average Bonchev–Trinajstić information content (AvgIpc) is 2.41. The van der Waals surface area contributed by atoms with Gasteiger partial charge in [-0.2, -0.15) is 8.78 Å². The lowest BCUT2D eigenvalue weighted by molar-refractivity contribution is 0.252. The zero-order valence-corrected chi connectivity index (χ0v) is 12.9. The summed E-state index contributed by atoms with van der Waals surface area (Å²) < 4.78 is 25.1. The summed E-state index contributed by atoms with van der Waals surface area (Å²) in [6.45, 7) is 4.57. The summed E-state index contributed by atoms with van der Waals surface area (Å²) in [5, 5.41) is 3.46. The van der Waals surface area contributed by atoms with E-state index in [0.29, 0.717) is 22.7 Å². The first-order valence-corrected chi connectivity index (χ1v) is 8.24. The Labute approximate surface area is 124 Å². The molecule has 1 N–H and O–H groups in total. The Kier molecular flexibility index (Phi) is 5.70. The molecular weight excluding hydrogens is 276 g/mol. The molecule has 1 aliphatic rings. The Hall–Kier alpha value is -0.770. The van der Waals surface area contributed by atoms with Crippen LogP contribution in [0.1, 0.15) is 39.5 Å². The van der Waals surface area contributed by atoms with Crippen LogP contribution in [0.2, 0.25) is 0 Å². The van der Waals surface area contributed by atoms with Crippen molar-refractivity contribution in [3.05, 3.63) is 24.3 Å². The third kappa shape index (κ3) is 4.37. The molecule has 1 nitrogen and oxygen atoms in total. The van der Waals surface area contributed by atoms with Gasteiger partial charge in [-0.15, -0.1) is 0 Å². The lowest BCUT2D eigenvalue weighted by Gasteiger charge is -2.32. The first kappa shape index (κ1) is 15.6. The molecule has 1 aromatic rings. The second-order valence-electron chi connectivity index (χ2n) is 5.87. The van der Waals surface area contributed by atoms with Crippen molar-refractivity contribution < 1.29 is 8.78 Å². The van der Waals surface area contributed by atoms with Crippen molar-refractivity contribution in [3.63, 3.8) is 0 Å². The van der Waals surface area contributed by atoms with Gasteiger partial charge in [0.15, 0.2) is 0 Å². The Morgan fingerprint density at radius 1 is 1.10 bits per heavy atom. The van der Waals surface area contributed by atoms with Crippen molar-refractivity contribution in [2.75, 3.05) is 5.32 Å². The lowest BCUT2D eigenvalue weighted by atomic mass is 9.79. The lowest BCUT2D eigenvalue weighted by Crippen LogP contribution is -2.28. The van der Waals surface area contributed by atoms with Gasteiger partial charge < -0.3 is 5.32 Å². The second-order valence-corrected chi connectivity index (χ2v) is 6.91. The van der Waals surface area contributed by atoms with Crippen LogP contribution in [-0.2, 0) is 0 Å². The fourth-order valence-corrected chi connectivity index (χ4v) is 3.54. The van der Waals surface area contributed by atoms with Gasteiger partial charge in [-0.1, -0.05) is 37.7 Å². The molecule has 0 spiro atoms. The van der Waals surface area contributed by atoms with Crippen molar-refractivity contribution in [2.45, 2.75) is 56.2 Å². The average molecular weight is 299 g/mol. The minimum atomic E-state index is -2.37. The van der Waals surface area contributed by atoms with Gasteiger partial charge in [-0.25, -0.2) is 0 Å². The molecule has 0 heterocycles. The predicted molar refractivity (Wildman–Crippen MR) is 82.5 cm³/mol. The molecule has 0 atom stereocenters. The van der Waals surface area contributed by atoms with Gasteiger partial charge in [-0.3, -0.25) is 0 Å². The number of para-hydroxylation sites is 1. The molecule has 0 saturated heterocycles. The van der Waals surface area contributed by atoms with E-state index >= 15 is 0 Å². The van der Waals surface area contributed by atoms with Crippen LogP contribution in [0.5, 0.6) is 0 Å². The number of halogens is 2. The molecule has 1 aromatic carbocycles. The first-order valence-electron chi connectivity index (χ1n) is 7.36. The second kappa shape index (κ2) is 7.30. The van der Waals surface area contributed by atoms with Crippen LogP contribution < -0.4 is 5.32 Å². The van der Waals surface area contributed by atoms with Crippen LogP contribution in [0.15, 0.2) is 29.2 Å². The van der Waals surface area contributed by atoms with Gasteiger partial charge in [0, 0.05) is 16.6 Å². The van der Waals surface area contributed by atoms with Crippen LogP contribution in [0, 0.1) is 11.8 Å². The maximum Gasteiger partial charge on any atom is 0.288 e. The van der Waals surface area contributed by atoms with Crippen molar-refractivity contribution >= 4 is 17.4 Å². The molecule has 1 aliphatic carbocycles. The number of nitrogens with one attached hydrogen (secondary N) is 1. The Morgan fingerprint density at radius 3 is 2.35 bits per heavy atom. The van der Waals surface area contributed by atoms with Crippen molar-refractivity contribution in [1.82, 2.24) is 0 Å². The zero-order chi connectivity index (χ0) is 14.5. The summed E-state index contributed by atoms with van der Waals surface area (Å²) in [7, 11) is 0. The Bertz CT molecular complexity index is 415. The normalized spacial score (nSPS) is 23.3. The van der Waals surface area contributed by atoms with Gasteiger partial charge in [-0.05, 0) is 49.7 Å². The van der Waals surface area contributed by atoms with E-state index in [1.54, 1.807) is 6.07 Å². The standard InChI is InChI=1S/C16H23F2NS/c1-11(2)12-7-9-13(10-8-12)19-14-5-3-4-6-15(14)20-16(17)18/h3-6,11-13,16,19H,7-10H2,1-2H3. The van der Waals surface area contributed by atoms with E-state index in [1.807, 2.05) is 18.2 Å². The molecule has 2 rings (SSSR count). The van der Waals surface area contributed by atoms with Crippen molar-refractivity contribution in [1.29, 1.82) is 0 Å². The number of rotatable bonds is 5. The largest absolute Gasteiger partial charge is 0.381 e. The number of thioether (sulfide) groups is 1. The Morgan fingerprint density at radius 2 is 1.75 bits per heavy atom. The van der Waals surface area contributed by atoms with E-state index in [2.05, 4.69) is 19.2 Å². The third-order valence-corrected chi connectivity index (χ3v) is 4.97. The molecule has 20 heavy (non-hydrogen) atoms. The topological polar surface area (TPSA) is 12.0 Å². The molecule has 0 radical (unpaired) electrons. The van der Waals surface area contributed by atoms with E-state index in [4.69, 9.17) is 0 Å². The molecular formula is C16H23F2NS. The minimum Gasteiger partial charge on any atom is -0.381 e. The maximum atomic E-state index is 12.6. The summed E-state index contributed by atoms with van der Waals surface area (Å²) >= 11 is 0.623. The molecule has 0 aromatic heterocycles. The van der Waals surface area contributed by atoms with Crippen molar-refractivity contribution in [2.24, 2.45) is 11.8 Å². The van der Waals surface area contributed by atoms with Crippen LogP contribution in [-0.4, -0.2) is 11.8 Å². The van der Waals surface area contributed by atoms with Crippen LogP contribution in [0.25, 0.3) is 0 Å². The summed E-state index contributed by atoms with van der Waals surface area (Å²) in [6, 6.07) is 7.80. The van der Waals surface area contributed by atoms with Gasteiger partial charge in [0.25, 0.3) is 5.76 Å². The fourth-order valence-electron chi connectivity index (χ4n) is 2.93. The van der Waals surface area contributed by atoms with Crippen LogP contribution in [0.3, 0.4) is 0 Å². The highest BCUT2D eigenvalue weighted by atomic mass is 32.2. The van der Waals surface area contributed by atoms with Gasteiger partial charge in [0.1, 0.15) is 0 Å². The summed E-state index contributed by atoms with van der Waals surface area (Å²) in [5.41, 5.74) is 0.853. The maximum absolute atomic E-state index is 12.6. The summed E-state index contributed by atoms with van der Waals surface area (Å²) in [4.78, 5) is 0.647. The fraction of sp³-hybridized carbons (Fsp3) is 0.625. The van der Waals surface area contributed by atoms with Crippen LogP contribution >= 0.6 is 11.8 Å². The number of benzene rings is 1. The zero-order valence-electron chi connectivity index (χ0n) is 12.1.